The smallest absolute Gasteiger partial charge is 0.337 e. The highest BCUT2D eigenvalue weighted by molar-refractivity contribution is 7.94. The SMILES string of the molecule is Cc1ccc(S(=O)(=O)Nc2ccc(C(C)(C)C)cc2C(=O)O)s1. The van der Waals surface area contributed by atoms with Crippen LogP contribution >= 0.6 is 11.3 Å². The van der Waals surface area contributed by atoms with Crippen LogP contribution in [0.2, 0.25) is 0 Å². The number of anilines is 1. The molecule has 0 amide bonds. The number of carboxylic acids is 1. The van der Waals surface area contributed by atoms with Gasteiger partial charge >= 0.3 is 5.97 Å². The number of nitrogens with one attached hydrogen (secondary N) is 1. The van der Waals surface area contributed by atoms with Gasteiger partial charge in [-0.2, -0.15) is 0 Å². The van der Waals surface area contributed by atoms with E-state index in [4.69, 9.17) is 0 Å². The Morgan fingerprint density at radius 3 is 2.30 bits per heavy atom. The van der Waals surface area contributed by atoms with E-state index in [-0.39, 0.29) is 20.9 Å². The van der Waals surface area contributed by atoms with Crippen molar-refractivity contribution in [3.63, 3.8) is 0 Å². The molecule has 2 rings (SSSR count). The molecule has 0 saturated heterocycles. The van der Waals surface area contributed by atoms with Crippen molar-refractivity contribution in [1.29, 1.82) is 0 Å². The summed E-state index contributed by atoms with van der Waals surface area (Å²) < 4.78 is 27.3. The first kappa shape index (κ1) is 17.5. The Balaban J connectivity index is 2.46. The second-order valence-electron chi connectivity index (χ2n) is 6.29. The molecule has 0 aliphatic carbocycles. The molecule has 0 atom stereocenters. The molecule has 23 heavy (non-hydrogen) atoms. The lowest BCUT2D eigenvalue weighted by Crippen LogP contribution is -2.17. The molecule has 0 bridgehead atoms. The number of aryl methyl sites for hydroxylation is 1. The lowest BCUT2D eigenvalue weighted by molar-refractivity contribution is 0.0698. The van der Waals surface area contributed by atoms with Crippen LogP contribution in [0.25, 0.3) is 0 Å². The first-order chi connectivity index (χ1) is 10.5. The molecule has 1 aromatic heterocycles. The molecular formula is C16H19NO4S2. The summed E-state index contributed by atoms with van der Waals surface area (Å²) in [5.74, 6) is -1.17. The molecule has 0 radical (unpaired) electrons. The summed E-state index contributed by atoms with van der Waals surface area (Å²) >= 11 is 1.14. The first-order valence-corrected chi connectivity index (χ1v) is 9.28. The quantitative estimate of drug-likeness (QED) is 0.874. The highest BCUT2D eigenvalue weighted by Gasteiger charge is 2.22. The zero-order valence-corrected chi connectivity index (χ0v) is 15.0. The second-order valence-corrected chi connectivity index (χ2v) is 9.48. The lowest BCUT2D eigenvalue weighted by Gasteiger charge is -2.20. The molecule has 7 heteroatoms. The van der Waals surface area contributed by atoms with E-state index in [1.165, 1.54) is 18.2 Å². The number of carboxylic acid groups (broad SMARTS) is 1. The van der Waals surface area contributed by atoms with E-state index < -0.39 is 16.0 Å². The van der Waals surface area contributed by atoms with Crippen molar-refractivity contribution in [3.05, 3.63) is 46.3 Å². The van der Waals surface area contributed by atoms with E-state index in [1.807, 2.05) is 27.7 Å². The monoisotopic (exact) mass is 353 g/mol. The van der Waals surface area contributed by atoms with Gasteiger partial charge in [0.05, 0.1) is 11.3 Å². The standard InChI is InChI=1S/C16H19NO4S2/c1-10-5-8-14(22-10)23(20,21)17-13-7-6-11(16(2,3)4)9-12(13)15(18)19/h5-9,17H,1-4H3,(H,18,19). The van der Waals surface area contributed by atoms with E-state index in [9.17, 15) is 18.3 Å². The largest absolute Gasteiger partial charge is 0.478 e. The Morgan fingerprint density at radius 1 is 1.17 bits per heavy atom. The van der Waals surface area contributed by atoms with Gasteiger partial charge in [0.15, 0.2) is 0 Å². The number of aromatic carboxylic acids is 1. The van der Waals surface area contributed by atoms with Crippen LogP contribution in [0.1, 0.15) is 41.6 Å². The predicted molar refractivity (Wildman–Crippen MR) is 92.0 cm³/mol. The number of sulfonamides is 1. The Hall–Kier alpha value is -1.86. The van der Waals surface area contributed by atoms with Gasteiger partial charge in [0.2, 0.25) is 0 Å². The number of hydrogen-bond acceptors (Lipinski definition) is 4. The third-order valence-corrected chi connectivity index (χ3v) is 6.20. The maximum atomic E-state index is 12.4. The van der Waals surface area contributed by atoms with E-state index in [0.29, 0.717) is 0 Å². The molecule has 0 aliphatic heterocycles. The molecule has 1 heterocycles. The molecule has 0 saturated carbocycles. The average molecular weight is 353 g/mol. The summed E-state index contributed by atoms with van der Waals surface area (Å²) in [6, 6.07) is 7.97. The normalized spacial score (nSPS) is 12.2. The molecule has 2 N–H and O–H groups in total. The molecule has 0 aliphatic rings. The highest BCUT2D eigenvalue weighted by atomic mass is 32.2. The van der Waals surface area contributed by atoms with Gasteiger partial charge < -0.3 is 5.11 Å². The third kappa shape index (κ3) is 3.92. The molecule has 5 nitrogen and oxygen atoms in total. The number of carbonyl (C=O) groups is 1. The molecule has 0 unspecified atom stereocenters. The van der Waals surface area contributed by atoms with Gasteiger partial charge in [-0.15, -0.1) is 11.3 Å². The van der Waals surface area contributed by atoms with Crippen LogP contribution < -0.4 is 4.72 Å². The minimum absolute atomic E-state index is 0.0609. The maximum absolute atomic E-state index is 12.4. The molecular weight excluding hydrogens is 334 g/mol. The van der Waals surface area contributed by atoms with E-state index in [0.717, 1.165) is 21.8 Å². The lowest BCUT2D eigenvalue weighted by atomic mass is 9.86. The van der Waals surface area contributed by atoms with Crippen molar-refractivity contribution in [1.82, 2.24) is 0 Å². The van der Waals surface area contributed by atoms with E-state index in [1.54, 1.807) is 12.1 Å². The van der Waals surface area contributed by atoms with Gasteiger partial charge in [0.1, 0.15) is 4.21 Å². The summed E-state index contributed by atoms with van der Waals surface area (Å²) in [7, 11) is -3.79. The van der Waals surface area contributed by atoms with Crippen LogP contribution in [0.5, 0.6) is 0 Å². The van der Waals surface area contributed by atoms with Crippen LogP contribution in [0.4, 0.5) is 5.69 Å². The van der Waals surface area contributed by atoms with Gasteiger partial charge in [-0.3, -0.25) is 4.72 Å². The van der Waals surface area contributed by atoms with Crippen molar-refractivity contribution >= 4 is 33.0 Å². The highest BCUT2D eigenvalue weighted by Crippen LogP contribution is 2.29. The minimum atomic E-state index is -3.79. The number of thiophene rings is 1. The molecule has 0 fully saturated rings. The van der Waals surface area contributed by atoms with Crippen LogP contribution in [0.15, 0.2) is 34.5 Å². The van der Waals surface area contributed by atoms with E-state index >= 15 is 0 Å². The van der Waals surface area contributed by atoms with Crippen LogP contribution in [-0.4, -0.2) is 19.5 Å². The summed E-state index contributed by atoms with van der Waals surface area (Å²) in [6.07, 6.45) is 0. The zero-order chi connectivity index (χ0) is 17.4. The van der Waals surface area contributed by atoms with Crippen molar-refractivity contribution in [3.8, 4) is 0 Å². The topological polar surface area (TPSA) is 83.5 Å². The fourth-order valence-corrected chi connectivity index (χ4v) is 4.39. The second kappa shape index (κ2) is 5.98. The summed E-state index contributed by atoms with van der Waals surface area (Å²) in [5.41, 5.74) is 0.600. The predicted octanol–water partition coefficient (Wildman–Crippen LogP) is 3.85. The Bertz CT molecular complexity index is 845. The van der Waals surface area contributed by atoms with Gasteiger partial charge in [-0.1, -0.05) is 26.8 Å². The van der Waals surface area contributed by atoms with E-state index in [2.05, 4.69) is 4.72 Å². The fourth-order valence-electron chi connectivity index (χ4n) is 2.03. The van der Waals surface area contributed by atoms with Gasteiger partial charge in [-0.05, 0) is 42.2 Å². The summed E-state index contributed by atoms with van der Waals surface area (Å²) in [6.45, 7) is 7.70. The number of rotatable bonds is 4. The van der Waals surface area contributed by atoms with Crippen LogP contribution in [-0.2, 0) is 15.4 Å². The third-order valence-electron chi connectivity index (χ3n) is 3.34. The number of benzene rings is 1. The Labute approximate surface area is 140 Å². The van der Waals surface area contributed by atoms with Crippen molar-refractivity contribution in [2.45, 2.75) is 37.3 Å². The van der Waals surface area contributed by atoms with Crippen molar-refractivity contribution in [2.75, 3.05) is 4.72 Å². The zero-order valence-electron chi connectivity index (χ0n) is 13.4. The van der Waals surface area contributed by atoms with Gasteiger partial charge in [-0.25, -0.2) is 13.2 Å². The summed E-state index contributed by atoms with van der Waals surface area (Å²) in [4.78, 5) is 12.4. The van der Waals surface area contributed by atoms with Crippen LogP contribution in [0.3, 0.4) is 0 Å². The Kier molecular flexibility index (Phi) is 4.54. The van der Waals surface area contributed by atoms with Crippen molar-refractivity contribution in [2.24, 2.45) is 0 Å². The van der Waals surface area contributed by atoms with Gasteiger partial charge in [0.25, 0.3) is 10.0 Å². The van der Waals surface area contributed by atoms with Crippen molar-refractivity contribution < 1.29 is 18.3 Å². The average Bonchev–Trinajstić information content (AvgIpc) is 2.84. The van der Waals surface area contributed by atoms with Gasteiger partial charge in [0, 0.05) is 4.88 Å². The first-order valence-electron chi connectivity index (χ1n) is 6.98. The minimum Gasteiger partial charge on any atom is -0.478 e. The fraction of sp³-hybridized carbons (Fsp3) is 0.312. The molecule has 124 valence electrons. The summed E-state index contributed by atoms with van der Waals surface area (Å²) in [5, 5.41) is 9.40. The number of hydrogen-bond donors (Lipinski definition) is 2. The maximum Gasteiger partial charge on any atom is 0.337 e. The molecule has 1 aromatic carbocycles. The Morgan fingerprint density at radius 2 is 1.83 bits per heavy atom. The molecule has 2 aromatic rings. The van der Waals surface area contributed by atoms with Crippen LogP contribution in [0, 0.1) is 6.92 Å². The molecule has 0 spiro atoms.